The maximum Gasteiger partial charge on any atom is 0.258 e. The predicted molar refractivity (Wildman–Crippen MR) is 122 cm³/mol. The molecule has 0 aromatic heterocycles. The Balaban J connectivity index is 1.69. The number of fused-ring (bicyclic) bond motifs is 1. The predicted octanol–water partition coefficient (Wildman–Crippen LogP) is 5.14. The van der Waals surface area contributed by atoms with Crippen LogP contribution >= 0.6 is 0 Å². The minimum atomic E-state index is -0.291. The molecule has 0 saturated heterocycles. The third kappa shape index (κ3) is 5.89. The van der Waals surface area contributed by atoms with Gasteiger partial charge >= 0.3 is 0 Å². The lowest BCUT2D eigenvalue weighted by atomic mass is 10.1. The number of benzene rings is 3. The van der Waals surface area contributed by atoms with Crippen LogP contribution in [0, 0.1) is 0 Å². The Kier molecular flexibility index (Phi) is 6.83. The molecule has 0 radical (unpaired) electrons. The van der Waals surface area contributed by atoms with E-state index < -0.39 is 0 Å². The molecule has 2 N–H and O–H groups in total. The average Bonchev–Trinajstić information content (AvgIpc) is 2.70. The Bertz CT molecular complexity index is 1000. The van der Waals surface area contributed by atoms with Crippen molar-refractivity contribution in [3.8, 4) is 11.5 Å². The zero-order valence-corrected chi connectivity index (χ0v) is 18.1. The van der Waals surface area contributed by atoms with Crippen molar-refractivity contribution in [1.29, 1.82) is 0 Å². The first-order chi connectivity index (χ1) is 14.4. The standard InChI is InChI=1S/C25H30N2O3/c1-5-29-23-15-18(13-14-22(23)30-17-24(28)27-25(2,3)4)16-26-21-12-8-10-19-9-6-7-11-20(19)21/h6-15,26H,5,16-17H2,1-4H3,(H,27,28). The van der Waals surface area contributed by atoms with Crippen LogP contribution in [0.2, 0.25) is 0 Å². The van der Waals surface area contributed by atoms with Crippen molar-refractivity contribution in [3.63, 3.8) is 0 Å². The van der Waals surface area contributed by atoms with E-state index in [9.17, 15) is 4.79 Å². The van der Waals surface area contributed by atoms with Crippen LogP contribution in [0.4, 0.5) is 5.69 Å². The zero-order chi connectivity index (χ0) is 21.6. The third-order valence-electron chi connectivity index (χ3n) is 4.45. The Morgan fingerprint density at radius 2 is 1.70 bits per heavy atom. The molecule has 0 atom stereocenters. The van der Waals surface area contributed by atoms with E-state index in [1.807, 2.05) is 58.0 Å². The quantitative estimate of drug-likeness (QED) is 0.543. The summed E-state index contributed by atoms with van der Waals surface area (Å²) in [5, 5.41) is 8.79. The summed E-state index contributed by atoms with van der Waals surface area (Å²) in [4.78, 5) is 12.0. The molecule has 158 valence electrons. The zero-order valence-electron chi connectivity index (χ0n) is 18.1. The summed E-state index contributed by atoms with van der Waals surface area (Å²) >= 11 is 0. The number of rotatable bonds is 8. The topological polar surface area (TPSA) is 59.6 Å². The van der Waals surface area contributed by atoms with E-state index in [2.05, 4.69) is 41.0 Å². The van der Waals surface area contributed by atoms with Gasteiger partial charge < -0.3 is 20.1 Å². The van der Waals surface area contributed by atoms with Crippen molar-refractivity contribution in [1.82, 2.24) is 5.32 Å². The van der Waals surface area contributed by atoms with Crippen LogP contribution in [0.1, 0.15) is 33.3 Å². The summed E-state index contributed by atoms with van der Waals surface area (Å²) in [5.41, 5.74) is 1.86. The summed E-state index contributed by atoms with van der Waals surface area (Å²) in [6, 6.07) is 20.3. The molecule has 0 aliphatic rings. The lowest BCUT2D eigenvalue weighted by Crippen LogP contribution is -2.43. The first-order valence-corrected chi connectivity index (χ1v) is 10.3. The molecule has 5 nitrogen and oxygen atoms in total. The van der Waals surface area contributed by atoms with Crippen molar-refractivity contribution in [2.45, 2.75) is 39.8 Å². The van der Waals surface area contributed by atoms with Crippen LogP contribution in [0.3, 0.4) is 0 Å². The maximum absolute atomic E-state index is 12.0. The summed E-state index contributed by atoms with van der Waals surface area (Å²) in [6.07, 6.45) is 0. The molecule has 0 bridgehead atoms. The van der Waals surface area contributed by atoms with Crippen LogP contribution in [-0.2, 0) is 11.3 Å². The van der Waals surface area contributed by atoms with E-state index in [0.29, 0.717) is 24.7 Å². The molecule has 0 aliphatic heterocycles. The number of hydrogen-bond donors (Lipinski definition) is 2. The summed E-state index contributed by atoms with van der Waals surface area (Å²) in [7, 11) is 0. The van der Waals surface area contributed by atoms with E-state index >= 15 is 0 Å². The highest BCUT2D eigenvalue weighted by Crippen LogP contribution is 2.29. The van der Waals surface area contributed by atoms with Gasteiger partial charge in [0, 0.05) is 23.2 Å². The van der Waals surface area contributed by atoms with Crippen molar-refractivity contribution in [3.05, 3.63) is 66.2 Å². The van der Waals surface area contributed by atoms with Gasteiger partial charge in [0.2, 0.25) is 0 Å². The number of carbonyl (C=O) groups excluding carboxylic acids is 1. The molecular formula is C25H30N2O3. The number of hydrogen-bond acceptors (Lipinski definition) is 4. The second-order valence-corrected chi connectivity index (χ2v) is 8.18. The normalized spacial score (nSPS) is 11.2. The molecule has 5 heteroatoms. The van der Waals surface area contributed by atoms with E-state index in [1.165, 1.54) is 10.8 Å². The van der Waals surface area contributed by atoms with Gasteiger partial charge in [-0.05, 0) is 56.8 Å². The van der Waals surface area contributed by atoms with E-state index in [-0.39, 0.29) is 18.1 Å². The smallest absolute Gasteiger partial charge is 0.258 e. The van der Waals surface area contributed by atoms with Gasteiger partial charge in [-0.2, -0.15) is 0 Å². The fourth-order valence-electron chi connectivity index (χ4n) is 3.22. The molecule has 3 rings (SSSR count). The lowest BCUT2D eigenvalue weighted by Gasteiger charge is -2.21. The molecule has 0 aliphatic carbocycles. The molecule has 0 unspecified atom stereocenters. The summed E-state index contributed by atoms with van der Waals surface area (Å²) in [5.74, 6) is 1.04. The Labute approximate surface area is 178 Å². The van der Waals surface area contributed by atoms with Crippen molar-refractivity contribution < 1.29 is 14.3 Å². The number of amides is 1. The molecule has 3 aromatic rings. The van der Waals surface area contributed by atoms with E-state index in [0.717, 1.165) is 11.3 Å². The number of nitrogens with one attached hydrogen (secondary N) is 2. The molecule has 0 fully saturated rings. The van der Waals surface area contributed by atoms with Crippen molar-refractivity contribution >= 4 is 22.4 Å². The van der Waals surface area contributed by atoms with Crippen molar-refractivity contribution in [2.24, 2.45) is 0 Å². The summed E-state index contributed by atoms with van der Waals surface area (Å²) < 4.78 is 11.5. The second-order valence-electron chi connectivity index (χ2n) is 8.18. The Morgan fingerprint density at radius 1 is 0.933 bits per heavy atom. The van der Waals surface area contributed by atoms with Gasteiger partial charge in [-0.25, -0.2) is 0 Å². The minimum absolute atomic E-state index is 0.0506. The number of ether oxygens (including phenoxy) is 2. The van der Waals surface area contributed by atoms with Gasteiger partial charge in [-0.3, -0.25) is 4.79 Å². The SMILES string of the molecule is CCOc1cc(CNc2cccc3ccccc23)ccc1OCC(=O)NC(C)(C)C. The Hall–Kier alpha value is -3.21. The second kappa shape index (κ2) is 9.53. The van der Waals surface area contributed by atoms with Gasteiger partial charge in [0.15, 0.2) is 18.1 Å². The van der Waals surface area contributed by atoms with Gasteiger partial charge in [-0.1, -0.05) is 42.5 Å². The molecule has 0 spiro atoms. The minimum Gasteiger partial charge on any atom is -0.490 e. The lowest BCUT2D eigenvalue weighted by molar-refractivity contribution is -0.124. The van der Waals surface area contributed by atoms with Crippen LogP contribution in [-0.4, -0.2) is 24.7 Å². The first kappa shape index (κ1) is 21.5. The molecule has 3 aromatic carbocycles. The van der Waals surface area contributed by atoms with E-state index in [4.69, 9.17) is 9.47 Å². The number of anilines is 1. The molecular weight excluding hydrogens is 376 g/mol. The maximum atomic E-state index is 12.0. The summed E-state index contributed by atoms with van der Waals surface area (Å²) in [6.45, 7) is 8.86. The fraction of sp³-hybridized carbons (Fsp3) is 0.320. The fourth-order valence-corrected chi connectivity index (χ4v) is 3.22. The first-order valence-electron chi connectivity index (χ1n) is 10.3. The molecule has 0 heterocycles. The average molecular weight is 407 g/mol. The molecule has 30 heavy (non-hydrogen) atoms. The van der Waals surface area contributed by atoms with E-state index in [1.54, 1.807) is 0 Å². The van der Waals surface area contributed by atoms with Crippen LogP contribution < -0.4 is 20.1 Å². The molecule has 1 amide bonds. The highest BCUT2D eigenvalue weighted by molar-refractivity contribution is 5.93. The highest BCUT2D eigenvalue weighted by atomic mass is 16.5. The van der Waals surface area contributed by atoms with Gasteiger partial charge in [0.25, 0.3) is 5.91 Å². The monoisotopic (exact) mass is 406 g/mol. The third-order valence-corrected chi connectivity index (χ3v) is 4.45. The van der Waals surface area contributed by atoms with Crippen molar-refractivity contribution in [2.75, 3.05) is 18.5 Å². The Morgan fingerprint density at radius 3 is 2.47 bits per heavy atom. The van der Waals surface area contributed by atoms with Gasteiger partial charge in [0.05, 0.1) is 6.61 Å². The van der Waals surface area contributed by atoms with Crippen LogP contribution in [0.5, 0.6) is 11.5 Å². The van der Waals surface area contributed by atoms with Crippen LogP contribution in [0.15, 0.2) is 60.7 Å². The number of carbonyl (C=O) groups is 1. The van der Waals surface area contributed by atoms with Gasteiger partial charge in [0.1, 0.15) is 0 Å². The molecule has 0 saturated carbocycles. The van der Waals surface area contributed by atoms with Gasteiger partial charge in [-0.15, -0.1) is 0 Å². The van der Waals surface area contributed by atoms with Crippen LogP contribution in [0.25, 0.3) is 10.8 Å². The highest BCUT2D eigenvalue weighted by Gasteiger charge is 2.15. The largest absolute Gasteiger partial charge is 0.490 e.